The van der Waals surface area contributed by atoms with E-state index < -0.39 is 0 Å². The van der Waals surface area contributed by atoms with Crippen LogP contribution in [0.3, 0.4) is 0 Å². The third-order valence-electron chi connectivity index (χ3n) is 1.74. The molecule has 16 heavy (non-hydrogen) atoms. The second-order valence-electron chi connectivity index (χ2n) is 2.92. The second kappa shape index (κ2) is 7.02. The molecule has 0 unspecified atom stereocenters. The molecule has 3 N–H and O–H groups in total. The highest BCUT2D eigenvalue weighted by Gasteiger charge is 2.02. The molecule has 0 amide bonds. The molecule has 0 aliphatic carbocycles. The lowest BCUT2D eigenvalue weighted by atomic mass is 10.4. The molecule has 88 valence electrons. The predicted octanol–water partition coefficient (Wildman–Crippen LogP) is 0.700. The van der Waals surface area contributed by atoms with Crippen molar-refractivity contribution in [1.29, 1.82) is 0 Å². The van der Waals surface area contributed by atoms with Crippen LogP contribution < -0.4 is 5.73 Å². The molecule has 0 saturated heterocycles. The average Bonchev–Trinajstić information content (AvgIpc) is 2.34. The zero-order chi connectivity index (χ0) is 11.8. The number of rotatable bonds is 6. The van der Waals surface area contributed by atoms with Crippen LogP contribution in [0.25, 0.3) is 0 Å². The van der Waals surface area contributed by atoms with Crippen LogP contribution in [0.15, 0.2) is 22.6 Å². The van der Waals surface area contributed by atoms with Crippen molar-refractivity contribution in [3.8, 4) is 0 Å². The Morgan fingerprint density at radius 1 is 1.56 bits per heavy atom. The smallest absolute Gasteiger partial charge is 0.190 e. The van der Waals surface area contributed by atoms with Crippen LogP contribution in [0.5, 0.6) is 0 Å². The van der Waals surface area contributed by atoms with Gasteiger partial charge in [-0.25, -0.2) is 9.97 Å². The van der Waals surface area contributed by atoms with Gasteiger partial charge in [-0.05, 0) is 6.42 Å². The molecule has 1 rings (SSSR count). The number of amidine groups is 1. The highest BCUT2D eigenvalue weighted by Crippen LogP contribution is 2.14. The zero-order valence-electron chi connectivity index (χ0n) is 8.96. The van der Waals surface area contributed by atoms with Crippen molar-refractivity contribution in [2.24, 2.45) is 10.9 Å². The van der Waals surface area contributed by atoms with Gasteiger partial charge in [0, 0.05) is 19.5 Å². The number of oxime groups is 1. The molecule has 0 spiro atoms. The summed E-state index contributed by atoms with van der Waals surface area (Å²) < 4.78 is 4.94. The first-order valence-electron chi connectivity index (χ1n) is 4.69. The Balaban J connectivity index is 2.45. The maximum Gasteiger partial charge on any atom is 0.190 e. The Hall–Kier alpha value is -1.34. The Kier molecular flexibility index (Phi) is 5.58. The molecule has 1 heterocycles. The summed E-state index contributed by atoms with van der Waals surface area (Å²) in [5.41, 5.74) is 5.72. The van der Waals surface area contributed by atoms with Gasteiger partial charge in [0.05, 0.1) is 12.4 Å². The molecular weight excluding hydrogens is 228 g/mol. The minimum atomic E-state index is -0.0385. The molecule has 0 atom stereocenters. The van der Waals surface area contributed by atoms with Crippen molar-refractivity contribution in [3.63, 3.8) is 0 Å². The van der Waals surface area contributed by atoms with Gasteiger partial charge in [-0.15, -0.1) is 11.8 Å². The number of thioether (sulfide) groups is 1. The standard InChI is InChI=1S/C9H14N4O2S/c1-15-3-2-4-16-8-6-11-7(5-12-8)9(10)13-14/h5-6,14H,2-4H2,1H3,(H2,10,13). The van der Waals surface area contributed by atoms with Crippen LogP contribution >= 0.6 is 11.8 Å². The number of hydrogen-bond donors (Lipinski definition) is 2. The van der Waals surface area contributed by atoms with Crippen molar-refractivity contribution in [2.45, 2.75) is 11.4 Å². The summed E-state index contributed by atoms with van der Waals surface area (Å²) >= 11 is 1.59. The van der Waals surface area contributed by atoms with Crippen molar-refractivity contribution < 1.29 is 9.94 Å². The molecule has 0 aromatic carbocycles. The Bertz CT molecular complexity index is 342. The van der Waals surface area contributed by atoms with E-state index in [2.05, 4.69) is 15.1 Å². The topological polar surface area (TPSA) is 93.6 Å². The number of hydrogen-bond acceptors (Lipinski definition) is 6. The van der Waals surface area contributed by atoms with Gasteiger partial charge >= 0.3 is 0 Å². The summed E-state index contributed by atoms with van der Waals surface area (Å²) in [5, 5.41) is 12.1. The lowest BCUT2D eigenvalue weighted by Gasteiger charge is -2.01. The molecular formula is C9H14N4O2S. The Labute approximate surface area is 97.9 Å². The zero-order valence-corrected chi connectivity index (χ0v) is 9.78. The fourth-order valence-corrected chi connectivity index (χ4v) is 1.68. The van der Waals surface area contributed by atoms with Gasteiger partial charge in [-0.1, -0.05) is 5.16 Å². The van der Waals surface area contributed by atoms with E-state index >= 15 is 0 Å². The van der Waals surface area contributed by atoms with Gasteiger partial charge in [0.2, 0.25) is 0 Å². The van der Waals surface area contributed by atoms with Crippen LogP contribution in [0.2, 0.25) is 0 Å². The fraction of sp³-hybridized carbons (Fsp3) is 0.444. The third-order valence-corrected chi connectivity index (χ3v) is 2.74. The first kappa shape index (κ1) is 12.7. The average molecular weight is 242 g/mol. The van der Waals surface area contributed by atoms with E-state index in [1.165, 1.54) is 6.20 Å². The molecule has 6 nitrogen and oxygen atoms in total. The summed E-state index contributed by atoms with van der Waals surface area (Å²) in [7, 11) is 1.68. The van der Waals surface area contributed by atoms with Crippen LogP contribution in [-0.4, -0.2) is 40.5 Å². The van der Waals surface area contributed by atoms with Crippen molar-refractivity contribution in [1.82, 2.24) is 9.97 Å². The van der Waals surface area contributed by atoms with E-state index in [0.717, 1.165) is 23.8 Å². The summed E-state index contributed by atoms with van der Waals surface area (Å²) in [6.07, 6.45) is 4.05. The number of aromatic nitrogens is 2. The van der Waals surface area contributed by atoms with Crippen molar-refractivity contribution in [2.75, 3.05) is 19.5 Å². The number of methoxy groups -OCH3 is 1. The summed E-state index contributed by atoms with van der Waals surface area (Å²) in [4.78, 5) is 8.15. The predicted molar refractivity (Wildman–Crippen MR) is 61.8 cm³/mol. The van der Waals surface area contributed by atoms with Gasteiger partial charge in [-0.3, -0.25) is 0 Å². The number of ether oxygens (including phenoxy) is 1. The largest absolute Gasteiger partial charge is 0.409 e. The minimum Gasteiger partial charge on any atom is -0.409 e. The molecule has 0 aliphatic heterocycles. The quantitative estimate of drug-likeness (QED) is 0.190. The Morgan fingerprint density at radius 2 is 2.38 bits per heavy atom. The van der Waals surface area contributed by atoms with Gasteiger partial charge < -0.3 is 15.7 Å². The summed E-state index contributed by atoms with van der Waals surface area (Å²) in [6, 6.07) is 0. The van der Waals surface area contributed by atoms with E-state index in [1.807, 2.05) is 0 Å². The van der Waals surface area contributed by atoms with E-state index in [1.54, 1.807) is 25.1 Å². The number of nitrogens with two attached hydrogens (primary N) is 1. The van der Waals surface area contributed by atoms with Gasteiger partial charge in [0.15, 0.2) is 5.84 Å². The van der Waals surface area contributed by atoms with E-state index in [-0.39, 0.29) is 5.84 Å². The molecule has 1 aromatic heterocycles. The van der Waals surface area contributed by atoms with Gasteiger partial charge in [0.1, 0.15) is 10.7 Å². The molecule has 0 bridgehead atoms. The maximum absolute atomic E-state index is 8.43. The van der Waals surface area contributed by atoms with Gasteiger partial charge in [0.25, 0.3) is 0 Å². The van der Waals surface area contributed by atoms with Crippen LogP contribution in [-0.2, 0) is 4.74 Å². The van der Waals surface area contributed by atoms with Crippen LogP contribution in [0, 0.1) is 0 Å². The molecule has 0 saturated carbocycles. The normalized spacial score (nSPS) is 11.7. The highest BCUT2D eigenvalue weighted by molar-refractivity contribution is 7.99. The molecule has 1 aromatic rings. The molecule has 7 heteroatoms. The first-order valence-corrected chi connectivity index (χ1v) is 5.68. The lowest BCUT2D eigenvalue weighted by molar-refractivity contribution is 0.200. The number of nitrogens with zero attached hydrogens (tertiary/aromatic N) is 3. The maximum atomic E-state index is 8.43. The summed E-state index contributed by atoms with van der Waals surface area (Å²) in [6.45, 7) is 0.739. The monoisotopic (exact) mass is 242 g/mol. The van der Waals surface area contributed by atoms with Crippen LogP contribution in [0.4, 0.5) is 0 Å². The van der Waals surface area contributed by atoms with Crippen molar-refractivity contribution >= 4 is 17.6 Å². The highest BCUT2D eigenvalue weighted by atomic mass is 32.2. The van der Waals surface area contributed by atoms with Crippen molar-refractivity contribution in [3.05, 3.63) is 18.1 Å². The first-order chi connectivity index (χ1) is 7.77. The van der Waals surface area contributed by atoms with E-state index in [4.69, 9.17) is 15.7 Å². The Morgan fingerprint density at radius 3 is 2.94 bits per heavy atom. The van der Waals surface area contributed by atoms with Gasteiger partial charge in [-0.2, -0.15) is 0 Å². The fourth-order valence-electron chi connectivity index (χ4n) is 0.954. The molecule has 0 radical (unpaired) electrons. The third kappa shape index (κ3) is 4.03. The second-order valence-corrected chi connectivity index (χ2v) is 4.04. The van der Waals surface area contributed by atoms with Crippen LogP contribution in [0.1, 0.15) is 12.1 Å². The minimum absolute atomic E-state index is 0.0385. The van der Waals surface area contributed by atoms with E-state index in [9.17, 15) is 0 Å². The lowest BCUT2D eigenvalue weighted by Crippen LogP contribution is -2.15. The molecule has 0 fully saturated rings. The molecule has 0 aliphatic rings. The summed E-state index contributed by atoms with van der Waals surface area (Å²) in [5.74, 6) is 0.884. The van der Waals surface area contributed by atoms with E-state index in [0.29, 0.717) is 5.69 Å². The SMILES string of the molecule is COCCCSc1cnc(C(N)=NO)cn1.